The van der Waals surface area contributed by atoms with E-state index in [0.29, 0.717) is 31.5 Å². The third kappa shape index (κ3) is 4.84. The van der Waals surface area contributed by atoms with E-state index in [2.05, 4.69) is 30.1 Å². The minimum atomic E-state index is -3.46. The Kier molecular flexibility index (Phi) is 8.22. The number of nitrogens with one attached hydrogen (secondary N) is 1. The zero-order chi connectivity index (χ0) is 25.6. The van der Waals surface area contributed by atoms with Crippen LogP contribution in [0.15, 0.2) is 12.2 Å². The number of aliphatic hydroxyl groups excluding tert-OH is 1. The van der Waals surface area contributed by atoms with Crippen molar-refractivity contribution in [2.45, 2.75) is 89.3 Å². The van der Waals surface area contributed by atoms with Gasteiger partial charge in [-0.25, -0.2) is 8.42 Å². The van der Waals surface area contributed by atoms with Crippen molar-refractivity contribution in [3.05, 3.63) is 12.2 Å². The molecule has 2 saturated heterocycles. The van der Waals surface area contributed by atoms with Crippen molar-refractivity contribution in [1.82, 2.24) is 19.4 Å². The summed E-state index contributed by atoms with van der Waals surface area (Å²) in [6.07, 6.45) is 13.5. The number of hydrogen-bond acceptors (Lipinski definition) is 6. The standard InChI is InChI=1S/C28H50N4O3S/c1-19-8-7-9-24(20(19)2)22-10-12-23(13-11-22)28-25-17-31(14-5-6-15-32(25)26(28)18-33)36(34,35)27-16-29-21(3)30(27)4/h5-6,19-29,33H,7-18H2,1-4H3/b6-5-/t19?,20?,21?,22?,23?,24?,25?,26-,27?,28+/m1/s1. The van der Waals surface area contributed by atoms with Crippen LogP contribution in [-0.2, 0) is 10.0 Å². The quantitative estimate of drug-likeness (QED) is 0.541. The Morgan fingerprint density at radius 1 is 0.972 bits per heavy atom. The van der Waals surface area contributed by atoms with Crippen LogP contribution in [0.2, 0.25) is 0 Å². The maximum atomic E-state index is 13.7. The Hall–Kier alpha value is -0.510. The van der Waals surface area contributed by atoms with Crippen molar-refractivity contribution < 1.29 is 13.5 Å². The molecule has 2 N–H and O–H groups in total. The van der Waals surface area contributed by atoms with Gasteiger partial charge in [0.1, 0.15) is 5.37 Å². The molecule has 5 rings (SSSR count). The van der Waals surface area contributed by atoms with Crippen molar-refractivity contribution in [2.75, 3.05) is 39.8 Å². The molecule has 0 aromatic rings. The van der Waals surface area contributed by atoms with Crippen LogP contribution in [0.4, 0.5) is 0 Å². The van der Waals surface area contributed by atoms with Gasteiger partial charge in [0.05, 0.1) is 12.8 Å². The smallest absolute Gasteiger partial charge is 0.232 e. The fourth-order valence-electron chi connectivity index (χ4n) is 8.62. The zero-order valence-corrected chi connectivity index (χ0v) is 23.7. The molecular weight excluding hydrogens is 472 g/mol. The van der Waals surface area contributed by atoms with Crippen LogP contribution in [0.3, 0.4) is 0 Å². The van der Waals surface area contributed by atoms with Gasteiger partial charge in [-0.3, -0.25) is 15.1 Å². The van der Waals surface area contributed by atoms with E-state index < -0.39 is 15.4 Å². The number of fused-ring (bicyclic) bond motifs is 1. The molecule has 2 saturated carbocycles. The Bertz CT molecular complexity index is 889. The van der Waals surface area contributed by atoms with Crippen LogP contribution in [0.25, 0.3) is 0 Å². The Morgan fingerprint density at radius 3 is 2.33 bits per heavy atom. The van der Waals surface area contributed by atoms with Crippen molar-refractivity contribution in [3.8, 4) is 0 Å². The Balaban J connectivity index is 1.28. The zero-order valence-electron chi connectivity index (χ0n) is 22.9. The first kappa shape index (κ1) is 27.1. The summed E-state index contributed by atoms with van der Waals surface area (Å²) >= 11 is 0. The lowest BCUT2D eigenvalue weighted by molar-refractivity contribution is -0.114. The van der Waals surface area contributed by atoms with Gasteiger partial charge in [0.2, 0.25) is 10.0 Å². The average molecular weight is 523 g/mol. The summed E-state index contributed by atoms with van der Waals surface area (Å²) < 4.78 is 29.2. The summed E-state index contributed by atoms with van der Waals surface area (Å²) in [4.78, 5) is 4.32. The fraction of sp³-hybridized carbons (Fsp3) is 0.929. The van der Waals surface area contributed by atoms with Crippen LogP contribution >= 0.6 is 0 Å². The van der Waals surface area contributed by atoms with Gasteiger partial charge < -0.3 is 5.11 Å². The van der Waals surface area contributed by atoms with Crippen LogP contribution in [-0.4, -0.2) is 91.1 Å². The lowest BCUT2D eigenvalue weighted by Crippen LogP contribution is -2.71. The van der Waals surface area contributed by atoms with Gasteiger partial charge in [-0.15, -0.1) is 0 Å². The summed E-state index contributed by atoms with van der Waals surface area (Å²) in [7, 11) is -1.56. The lowest BCUT2D eigenvalue weighted by atomic mass is 9.60. The third-order valence-electron chi connectivity index (χ3n) is 11.2. The van der Waals surface area contributed by atoms with Gasteiger partial charge in [0, 0.05) is 38.3 Å². The van der Waals surface area contributed by atoms with E-state index in [1.807, 2.05) is 24.9 Å². The maximum absolute atomic E-state index is 13.7. The SMILES string of the molecule is CC1CCCC(C2CCC([C@H]3C4CN(S(=O)(=O)C5CNC(C)N5C)C/C=C\CN4[C@@H]3CO)CC2)C1C. The summed E-state index contributed by atoms with van der Waals surface area (Å²) in [6.45, 7) is 9.40. The molecule has 36 heavy (non-hydrogen) atoms. The second-order valence-corrected chi connectivity index (χ2v) is 14.8. The van der Waals surface area contributed by atoms with Crippen LogP contribution in [0.1, 0.15) is 65.7 Å². The van der Waals surface area contributed by atoms with Crippen LogP contribution in [0, 0.1) is 35.5 Å². The fourth-order valence-corrected chi connectivity index (χ4v) is 10.5. The molecule has 4 fully saturated rings. The van der Waals surface area contributed by atoms with Gasteiger partial charge in [-0.1, -0.05) is 38.8 Å². The van der Waals surface area contributed by atoms with Crippen molar-refractivity contribution >= 4 is 10.0 Å². The molecule has 206 valence electrons. The Morgan fingerprint density at radius 2 is 1.67 bits per heavy atom. The van der Waals surface area contributed by atoms with Gasteiger partial charge in [0.15, 0.2) is 0 Å². The molecule has 0 amide bonds. The molecular formula is C28H50N4O3S. The molecule has 0 radical (unpaired) electrons. The van der Waals surface area contributed by atoms with Crippen LogP contribution in [0.5, 0.6) is 0 Å². The molecule has 7 nitrogen and oxygen atoms in total. The van der Waals surface area contributed by atoms with E-state index in [0.717, 1.165) is 30.2 Å². The second-order valence-electron chi connectivity index (χ2n) is 12.7. The second kappa shape index (κ2) is 10.9. The normalized spacial score (nSPS) is 46.5. The van der Waals surface area contributed by atoms with Crippen LogP contribution < -0.4 is 5.32 Å². The largest absolute Gasteiger partial charge is 0.395 e. The first-order valence-electron chi connectivity index (χ1n) is 14.7. The van der Waals surface area contributed by atoms with Gasteiger partial charge in [-0.2, -0.15) is 4.31 Å². The predicted molar refractivity (Wildman–Crippen MR) is 145 cm³/mol. The molecule has 5 aliphatic rings. The van der Waals surface area contributed by atoms with Crippen molar-refractivity contribution in [1.29, 1.82) is 0 Å². The number of aliphatic hydroxyl groups is 1. The molecule has 0 aromatic heterocycles. The van der Waals surface area contributed by atoms with E-state index in [9.17, 15) is 13.5 Å². The highest BCUT2D eigenvalue weighted by Gasteiger charge is 2.53. The summed E-state index contributed by atoms with van der Waals surface area (Å²) in [6, 6.07) is 0.363. The number of rotatable bonds is 5. The van der Waals surface area contributed by atoms with E-state index in [1.165, 1.54) is 44.9 Å². The number of likely N-dealkylation sites (N-methyl/N-ethyl adjacent to an activating group) is 1. The highest BCUT2D eigenvalue weighted by atomic mass is 32.2. The van der Waals surface area contributed by atoms with Gasteiger partial charge in [0.25, 0.3) is 0 Å². The Labute approximate surface area is 219 Å². The molecule has 3 aliphatic heterocycles. The minimum Gasteiger partial charge on any atom is -0.395 e. The molecule has 0 bridgehead atoms. The lowest BCUT2D eigenvalue weighted by Gasteiger charge is -2.59. The molecule has 8 atom stereocenters. The minimum absolute atomic E-state index is 0.0619. The summed E-state index contributed by atoms with van der Waals surface area (Å²) in [5, 5.41) is 13.1. The monoisotopic (exact) mass is 522 g/mol. The predicted octanol–water partition coefficient (Wildman–Crippen LogP) is 2.94. The van der Waals surface area contributed by atoms with Crippen molar-refractivity contribution in [3.63, 3.8) is 0 Å². The van der Waals surface area contributed by atoms with E-state index in [-0.39, 0.29) is 24.9 Å². The van der Waals surface area contributed by atoms with Gasteiger partial charge >= 0.3 is 0 Å². The number of hydrogen-bond donors (Lipinski definition) is 2. The highest BCUT2D eigenvalue weighted by Crippen LogP contribution is 2.49. The first-order valence-corrected chi connectivity index (χ1v) is 16.2. The molecule has 2 aliphatic carbocycles. The van der Waals surface area contributed by atoms with Gasteiger partial charge in [-0.05, 0) is 81.6 Å². The first-order chi connectivity index (χ1) is 17.2. The highest BCUT2D eigenvalue weighted by molar-refractivity contribution is 7.89. The molecule has 0 spiro atoms. The van der Waals surface area contributed by atoms with E-state index >= 15 is 0 Å². The molecule has 3 heterocycles. The average Bonchev–Trinajstić information content (AvgIpc) is 3.19. The van der Waals surface area contributed by atoms with Crippen molar-refractivity contribution in [2.24, 2.45) is 35.5 Å². The van der Waals surface area contributed by atoms with E-state index in [1.54, 1.807) is 4.31 Å². The summed E-state index contributed by atoms with van der Waals surface area (Å²) in [5.74, 6) is 4.42. The summed E-state index contributed by atoms with van der Waals surface area (Å²) in [5.41, 5.74) is 0. The number of sulfonamides is 1. The maximum Gasteiger partial charge on any atom is 0.232 e. The third-order valence-corrected chi connectivity index (χ3v) is 13.4. The van der Waals surface area contributed by atoms with E-state index in [4.69, 9.17) is 0 Å². The molecule has 6 unspecified atom stereocenters. The topological polar surface area (TPSA) is 76.1 Å². The molecule has 0 aromatic carbocycles. The molecule has 8 heteroatoms. The number of nitrogens with zero attached hydrogens (tertiary/aromatic N) is 3.